The van der Waals surface area contributed by atoms with E-state index in [1.807, 2.05) is 32.1 Å². The first kappa shape index (κ1) is 15.8. The quantitative estimate of drug-likeness (QED) is 0.666. The minimum absolute atomic E-state index is 0. The molecule has 3 heteroatoms. The van der Waals surface area contributed by atoms with Crippen LogP contribution in [0.25, 0.3) is 0 Å². The van der Waals surface area contributed by atoms with E-state index in [-0.39, 0.29) is 17.1 Å². The van der Waals surface area contributed by atoms with Crippen molar-refractivity contribution in [3.63, 3.8) is 0 Å². The van der Waals surface area contributed by atoms with Crippen LogP contribution in [-0.2, 0) is 17.1 Å². The Morgan fingerprint density at radius 3 is 1.65 bits per heavy atom. The molecule has 0 atom stereocenters. The summed E-state index contributed by atoms with van der Waals surface area (Å²) in [6.07, 6.45) is 20.6. The van der Waals surface area contributed by atoms with E-state index in [4.69, 9.17) is 0 Å². The zero-order valence-electron chi connectivity index (χ0n) is 9.10. The van der Waals surface area contributed by atoms with Crippen LogP contribution in [0.1, 0.15) is 0 Å². The Morgan fingerprint density at radius 1 is 0.706 bits per heavy atom. The van der Waals surface area contributed by atoms with Crippen molar-refractivity contribution in [2.75, 3.05) is 0 Å². The summed E-state index contributed by atoms with van der Waals surface area (Å²) in [5.74, 6) is 1.30. The Bertz CT molecular complexity index is 233. The number of allylic oxidation sites excluding steroid dienone is 1. The summed E-state index contributed by atoms with van der Waals surface area (Å²) in [6.45, 7) is 0. The van der Waals surface area contributed by atoms with Crippen LogP contribution in [0.2, 0.25) is 0 Å². The molecule has 0 spiro atoms. The van der Waals surface area contributed by atoms with Crippen LogP contribution in [0.4, 0.5) is 0 Å². The van der Waals surface area contributed by atoms with Crippen LogP contribution in [0, 0.1) is 63.7 Å². The molecule has 3 rings (SSSR count). The van der Waals surface area contributed by atoms with Gasteiger partial charge in [0, 0.05) is 10.2 Å². The second kappa shape index (κ2) is 9.61. The predicted octanol–water partition coefficient (Wildman–Crippen LogP) is 4.20. The Labute approximate surface area is 125 Å². The number of hydrogen-bond donors (Lipinski definition) is 0. The molecular weight excluding hydrogens is 288 g/mol. The third kappa shape index (κ3) is 6.42. The van der Waals surface area contributed by atoms with Crippen molar-refractivity contribution in [2.45, 2.75) is 0 Å². The monoisotopic (exact) mass is 300 g/mol. The van der Waals surface area contributed by atoms with Crippen molar-refractivity contribution in [3.05, 3.63) is 84.8 Å². The van der Waals surface area contributed by atoms with Crippen LogP contribution >= 0.6 is 23.5 Å². The van der Waals surface area contributed by atoms with Crippen molar-refractivity contribution >= 4 is 23.5 Å². The van der Waals surface area contributed by atoms with E-state index in [9.17, 15) is 0 Å². The van der Waals surface area contributed by atoms with Crippen LogP contribution in [0.5, 0.6) is 0 Å². The molecule has 0 aromatic rings. The van der Waals surface area contributed by atoms with E-state index >= 15 is 0 Å². The molecule has 0 amide bonds. The molecule has 10 radical (unpaired) electrons. The summed E-state index contributed by atoms with van der Waals surface area (Å²) >= 11 is 3.57. The number of hydrogen-bond acceptors (Lipinski definition) is 2. The first-order chi connectivity index (χ1) is 7.95. The van der Waals surface area contributed by atoms with E-state index in [0.29, 0.717) is 0 Å². The summed E-state index contributed by atoms with van der Waals surface area (Å²) in [6, 6.07) is 0. The molecule has 3 aliphatic rings. The van der Waals surface area contributed by atoms with Gasteiger partial charge in [0.1, 0.15) is 0 Å². The zero-order valence-corrected chi connectivity index (χ0v) is 11.8. The molecule has 0 bridgehead atoms. The summed E-state index contributed by atoms with van der Waals surface area (Å²) in [7, 11) is 0. The van der Waals surface area contributed by atoms with Gasteiger partial charge in [-0.3, -0.25) is 0 Å². The summed E-state index contributed by atoms with van der Waals surface area (Å²) in [5, 5.41) is 4.22. The van der Waals surface area contributed by atoms with Gasteiger partial charge in [-0.05, 0) is 68.6 Å². The fraction of sp³-hybridized carbons (Fsp3) is 0. The molecule has 2 fully saturated rings. The Morgan fingerprint density at radius 2 is 1.18 bits per heavy atom. The van der Waals surface area contributed by atoms with E-state index < -0.39 is 0 Å². The van der Waals surface area contributed by atoms with Crippen molar-refractivity contribution < 1.29 is 17.1 Å². The molecule has 17 heavy (non-hydrogen) atoms. The molecular formula is C14H12FeS2+2. The molecule has 0 aromatic heterocycles. The zero-order chi connectivity index (χ0) is 11.1. The van der Waals surface area contributed by atoms with Crippen LogP contribution < -0.4 is 0 Å². The fourth-order valence-electron chi connectivity index (χ4n) is 1.23. The van der Waals surface area contributed by atoms with Gasteiger partial charge >= 0.3 is 17.1 Å². The number of rotatable bonds is 1. The van der Waals surface area contributed by atoms with Crippen LogP contribution in [0.3, 0.4) is 0 Å². The third-order valence-electron chi connectivity index (χ3n) is 1.95. The molecule has 2 saturated carbocycles. The second-order valence-corrected chi connectivity index (χ2v) is 5.31. The van der Waals surface area contributed by atoms with Gasteiger partial charge in [0.2, 0.25) is 0 Å². The standard InChI is InChI=1S/C9H7S2.C5H5.Fe/c1-2-4-8(3-1)7-9-10-5-6-11-9;1-2-4-5-3-1;/h1-7H;1-5H;/q;;+2. The number of thioether (sulfide) groups is 2. The van der Waals surface area contributed by atoms with E-state index in [1.54, 1.807) is 23.5 Å². The largest absolute Gasteiger partial charge is 2.00 e. The van der Waals surface area contributed by atoms with Crippen molar-refractivity contribution in [2.24, 2.45) is 0 Å². The average molecular weight is 300 g/mol. The molecule has 0 aromatic carbocycles. The molecule has 0 saturated heterocycles. The van der Waals surface area contributed by atoms with E-state index in [0.717, 1.165) is 0 Å². The van der Waals surface area contributed by atoms with Gasteiger partial charge in [-0.25, -0.2) is 0 Å². The smallest absolute Gasteiger partial charge is 0.0905 e. The fourth-order valence-corrected chi connectivity index (χ4v) is 2.90. The van der Waals surface area contributed by atoms with Gasteiger partial charge in [-0.15, -0.1) is 0 Å². The predicted molar refractivity (Wildman–Crippen MR) is 74.3 cm³/mol. The van der Waals surface area contributed by atoms with Gasteiger partial charge in [0.15, 0.2) is 0 Å². The normalized spacial score (nSPS) is 23.2. The summed E-state index contributed by atoms with van der Waals surface area (Å²) in [5.41, 5.74) is 0. The van der Waals surface area contributed by atoms with Crippen LogP contribution in [-0.4, -0.2) is 0 Å². The SMILES string of the molecule is [CH]1[CH][CH][CH][CH]1.[CH]1[CH][CH][C](C=C2SC=CS2)[CH]1.[Fe+2]. The van der Waals surface area contributed by atoms with Crippen molar-refractivity contribution in [3.8, 4) is 0 Å². The van der Waals surface area contributed by atoms with E-state index in [2.05, 4.69) is 42.6 Å². The first-order valence-corrected chi connectivity index (χ1v) is 6.79. The first-order valence-electron chi connectivity index (χ1n) is 5.03. The molecule has 1 aliphatic heterocycles. The van der Waals surface area contributed by atoms with Crippen molar-refractivity contribution in [1.82, 2.24) is 0 Å². The van der Waals surface area contributed by atoms with Gasteiger partial charge < -0.3 is 0 Å². The molecule has 86 valence electrons. The maximum atomic E-state index is 2.20. The van der Waals surface area contributed by atoms with Gasteiger partial charge in [0.05, 0.1) is 0 Å². The third-order valence-corrected chi connectivity index (χ3v) is 3.95. The molecule has 2 aliphatic carbocycles. The topological polar surface area (TPSA) is 0 Å². The average Bonchev–Trinajstić information content (AvgIpc) is 3.05. The summed E-state index contributed by atoms with van der Waals surface area (Å²) in [4.78, 5) is 0. The second-order valence-electron chi connectivity index (χ2n) is 3.15. The van der Waals surface area contributed by atoms with Crippen LogP contribution in [0.15, 0.2) is 21.1 Å². The molecule has 0 unspecified atom stereocenters. The van der Waals surface area contributed by atoms with Gasteiger partial charge in [-0.1, -0.05) is 29.6 Å². The van der Waals surface area contributed by atoms with Gasteiger partial charge in [-0.2, -0.15) is 0 Å². The molecule has 0 N–H and O–H groups in total. The van der Waals surface area contributed by atoms with E-state index in [1.165, 1.54) is 10.2 Å². The minimum atomic E-state index is 0. The molecule has 0 nitrogen and oxygen atoms in total. The van der Waals surface area contributed by atoms with Crippen molar-refractivity contribution in [1.29, 1.82) is 0 Å². The Hall–Kier alpha value is 0.699. The summed E-state index contributed by atoms with van der Waals surface area (Å²) < 4.78 is 1.36. The molecule has 1 heterocycles. The Balaban J connectivity index is 0.000000205. The van der Waals surface area contributed by atoms with Gasteiger partial charge in [0.25, 0.3) is 0 Å². The minimum Gasteiger partial charge on any atom is -0.0905 e. The maximum Gasteiger partial charge on any atom is 2.00 e. The Kier molecular flexibility index (Phi) is 8.90. The maximum absolute atomic E-state index is 2.20.